The second-order valence-corrected chi connectivity index (χ2v) is 13.4. The zero-order chi connectivity index (χ0) is 32.8. The highest BCUT2D eigenvalue weighted by Crippen LogP contribution is 2.37. The Morgan fingerprint density at radius 2 is 1.69 bits per heavy atom. The van der Waals surface area contributed by atoms with Crippen molar-refractivity contribution in [1.29, 1.82) is 0 Å². The molecule has 4 aromatic rings. The van der Waals surface area contributed by atoms with Crippen molar-refractivity contribution < 1.29 is 13.9 Å². The van der Waals surface area contributed by atoms with E-state index in [0.717, 1.165) is 0 Å². The van der Waals surface area contributed by atoms with Crippen molar-refractivity contribution in [1.82, 2.24) is 29.4 Å². The predicted molar refractivity (Wildman–Crippen MR) is 174 cm³/mol. The van der Waals surface area contributed by atoms with Crippen molar-refractivity contribution in [2.24, 2.45) is 0 Å². The highest BCUT2D eigenvalue weighted by molar-refractivity contribution is 6.33. The molecule has 1 amide bonds. The fraction of sp³-hybridized carbons (Fsp3) is 0.455. The van der Waals surface area contributed by atoms with E-state index in [-0.39, 0.29) is 39.8 Å². The van der Waals surface area contributed by atoms with Crippen LogP contribution in [0.15, 0.2) is 41.5 Å². The quantitative estimate of drug-likeness (QED) is 0.238. The number of nitrogens with zero attached hydrogens (tertiary/aromatic N) is 7. The molecule has 0 spiro atoms. The number of anilines is 1. The summed E-state index contributed by atoms with van der Waals surface area (Å²) in [5.74, 6) is -0.218. The summed E-state index contributed by atoms with van der Waals surface area (Å²) >= 11 is 6.83. The molecule has 1 aliphatic heterocycles. The molecule has 12 heteroatoms. The summed E-state index contributed by atoms with van der Waals surface area (Å²) < 4.78 is 22.1. The van der Waals surface area contributed by atoms with Crippen LogP contribution in [0.1, 0.15) is 78.6 Å². The van der Waals surface area contributed by atoms with Gasteiger partial charge in [-0.2, -0.15) is 4.98 Å². The van der Waals surface area contributed by atoms with Crippen LogP contribution >= 0.6 is 11.6 Å². The Balaban J connectivity index is 1.76. The van der Waals surface area contributed by atoms with Crippen LogP contribution in [0.4, 0.5) is 15.0 Å². The van der Waals surface area contributed by atoms with Crippen molar-refractivity contribution in [3.8, 4) is 16.9 Å². The molecule has 3 aromatic heterocycles. The zero-order valence-corrected chi connectivity index (χ0v) is 27.7. The van der Waals surface area contributed by atoms with Gasteiger partial charge in [0.25, 0.3) is 0 Å². The number of carbonyl (C=O) groups excluding carboxylic acids is 1. The van der Waals surface area contributed by atoms with Gasteiger partial charge in [-0.1, -0.05) is 51.4 Å². The lowest BCUT2D eigenvalue weighted by Gasteiger charge is -2.41. The molecule has 0 unspecified atom stereocenters. The van der Waals surface area contributed by atoms with Gasteiger partial charge in [0.2, 0.25) is 0 Å². The molecule has 0 saturated carbocycles. The van der Waals surface area contributed by atoms with Crippen LogP contribution in [0.5, 0.6) is 0 Å². The number of rotatable bonds is 5. The van der Waals surface area contributed by atoms with Crippen LogP contribution in [-0.2, 0) is 4.74 Å². The average molecular weight is 636 g/mol. The van der Waals surface area contributed by atoms with Crippen LogP contribution in [-0.4, -0.2) is 66.8 Å². The Bertz CT molecular complexity index is 1790. The summed E-state index contributed by atoms with van der Waals surface area (Å²) in [6, 6.07) is 7.70. The van der Waals surface area contributed by atoms with E-state index in [4.69, 9.17) is 21.3 Å². The minimum atomic E-state index is -0.622. The van der Waals surface area contributed by atoms with E-state index in [1.54, 1.807) is 29.2 Å². The van der Waals surface area contributed by atoms with E-state index in [2.05, 4.69) is 15.0 Å². The number of piperazine rings is 1. The van der Waals surface area contributed by atoms with E-state index in [1.165, 1.54) is 17.0 Å². The molecular weight excluding hydrogens is 597 g/mol. The molecule has 1 aromatic carbocycles. The lowest BCUT2D eigenvalue weighted by molar-refractivity contribution is 0.0218. The van der Waals surface area contributed by atoms with E-state index in [0.29, 0.717) is 47.9 Å². The molecule has 1 atom stereocenters. The van der Waals surface area contributed by atoms with E-state index >= 15 is 4.39 Å². The topological polar surface area (TPSA) is 106 Å². The lowest BCUT2D eigenvalue weighted by atomic mass is 10.0. The zero-order valence-electron chi connectivity index (χ0n) is 26.9. The van der Waals surface area contributed by atoms with Crippen molar-refractivity contribution in [2.75, 3.05) is 24.5 Å². The Morgan fingerprint density at radius 1 is 1.04 bits per heavy atom. The van der Waals surface area contributed by atoms with Crippen molar-refractivity contribution in [2.45, 2.75) is 78.9 Å². The molecule has 0 N–H and O–H groups in total. The maximum absolute atomic E-state index is 15.1. The smallest absolute Gasteiger partial charge is 0.410 e. The Kier molecular flexibility index (Phi) is 8.86. The maximum atomic E-state index is 15.1. The first kappa shape index (κ1) is 32.3. The summed E-state index contributed by atoms with van der Waals surface area (Å²) in [5, 5.41) is 0.712. The number of hydrogen-bond donors (Lipinski definition) is 0. The molecule has 4 heterocycles. The molecule has 5 rings (SSSR count). The van der Waals surface area contributed by atoms with Crippen molar-refractivity contribution >= 4 is 34.5 Å². The number of aromatic nitrogens is 5. The predicted octanol–water partition coefficient (Wildman–Crippen LogP) is 6.72. The molecule has 0 radical (unpaired) electrons. The van der Waals surface area contributed by atoms with Crippen LogP contribution in [0.3, 0.4) is 0 Å². The van der Waals surface area contributed by atoms with Crippen LogP contribution in [0, 0.1) is 5.82 Å². The van der Waals surface area contributed by atoms with Crippen molar-refractivity contribution in [3.63, 3.8) is 0 Å². The van der Waals surface area contributed by atoms with Gasteiger partial charge >= 0.3 is 11.8 Å². The second kappa shape index (κ2) is 12.3. The molecule has 45 heavy (non-hydrogen) atoms. The van der Waals surface area contributed by atoms with Crippen LogP contribution in [0.25, 0.3) is 28.0 Å². The first-order valence-electron chi connectivity index (χ1n) is 15.2. The normalized spacial score (nSPS) is 15.8. The fourth-order valence-electron chi connectivity index (χ4n) is 5.61. The van der Waals surface area contributed by atoms with Crippen LogP contribution in [0.2, 0.25) is 5.02 Å². The lowest BCUT2D eigenvalue weighted by Crippen LogP contribution is -2.55. The number of carbonyl (C=O) groups is 1. The minimum absolute atomic E-state index is 0.0542. The Hall–Kier alpha value is -4.12. The number of hydrogen-bond acceptors (Lipinski definition) is 8. The molecule has 0 aliphatic carbocycles. The number of ether oxygens (including phenoxy) is 1. The number of fused-ring (bicyclic) bond motifs is 1. The van der Waals surface area contributed by atoms with E-state index in [9.17, 15) is 9.59 Å². The molecule has 0 bridgehead atoms. The summed E-state index contributed by atoms with van der Waals surface area (Å²) in [6.07, 6.45) is 1.11. The number of pyridine rings is 1. The van der Waals surface area contributed by atoms with Gasteiger partial charge in [-0.05, 0) is 57.7 Å². The second-order valence-electron chi connectivity index (χ2n) is 13.0. The van der Waals surface area contributed by atoms with Gasteiger partial charge in [-0.3, -0.25) is 0 Å². The summed E-state index contributed by atoms with van der Waals surface area (Å²) in [5.41, 5.74) is 1.30. The third-order valence-corrected chi connectivity index (χ3v) is 7.97. The standard InChI is InChI=1S/C33H39ClFN7O3/c1-18(2)25-28(26(19(3)4)37-17-36-25)42-30-22(15-23(34)27(38-30)21-11-9-10-12-24(21)35)29(39-31(42)43)41-14-13-40(16-20(41)5)32(44)45-33(6,7)8/h9-12,15,17-20H,13-14,16H2,1-8H3/t20-/m0/s1. The number of halogens is 2. The average Bonchev–Trinajstić information content (AvgIpc) is 2.96. The molecule has 1 fully saturated rings. The largest absolute Gasteiger partial charge is 0.444 e. The first-order chi connectivity index (χ1) is 21.2. The molecule has 1 saturated heterocycles. The molecule has 238 valence electrons. The highest BCUT2D eigenvalue weighted by Gasteiger charge is 2.33. The third kappa shape index (κ3) is 6.36. The van der Waals surface area contributed by atoms with E-state index in [1.807, 2.05) is 60.3 Å². The van der Waals surface area contributed by atoms with Gasteiger partial charge < -0.3 is 14.5 Å². The third-order valence-electron chi connectivity index (χ3n) is 7.68. The molecular formula is C33H39ClFN7O3. The summed E-state index contributed by atoms with van der Waals surface area (Å²) in [4.78, 5) is 49.3. The number of amides is 1. The maximum Gasteiger partial charge on any atom is 0.410 e. The van der Waals surface area contributed by atoms with E-state index < -0.39 is 23.2 Å². The number of benzene rings is 1. The Labute approximate surface area is 267 Å². The van der Waals surface area contributed by atoms with Gasteiger partial charge in [0, 0.05) is 31.2 Å². The van der Waals surface area contributed by atoms with Crippen molar-refractivity contribution in [3.05, 3.63) is 69.4 Å². The van der Waals surface area contributed by atoms with Gasteiger partial charge in [0.1, 0.15) is 23.6 Å². The highest BCUT2D eigenvalue weighted by atomic mass is 35.5. The van der Waals surface area contributed by atoms with Gasteiger partial charge in [0.15, 0.2) is 5.65 Å². The van der Waals surface area contributed by atoms with Gasteiger partial charge in [-0.25, -0.2) is 33.5 Å². The summed E-state index contributed by atoms with van der Waals surface area (Å²) in [7, 11) is 0. The van der Waals surface area contributed by atoms with Crippen LogP contribution < -0.4 is 10.6 Å². The fourth-order valence-corrected chi connectivity index (χ4v) is 5.87. The monoisotopic (exact) mass is 635 g/mol. The minimum Gasteiger partial charge on any atom is -0.444 e. The first-order valence-corrected chi connectivity index (χ1v) is 15.5. The summed E-state index contributed by atoms with van der Waals surface area (Å²) in [6.45, 7) is 16.5. The van der Waals surface area contributed by atoms with Gasteiger partial charge in [-0.15, -0.1) is 0 Å². The SMILES string of the molecule is CC(C)c1ncnc(C(C)C)c1-n1c(=O)nc(N2CCN(C(=O)OC(C)(C)C)C[C@@H]2C)c2cc(Cl)c(-c3ccccc3F)nc21. The molecule has 10 nitrogen and oxygen atoms in total. The Morgan fingerprint density at radius 3 is 2.27 bits per heavy atom. The van der Waals surface area contributed by atoms with Gasteiger partial charge in [0.05, 0.1) is 33.2 Å². The molecule has 1 aliphatic rings.